The van der Waals surface area contributed by atoms with Crippen LogP contribution >= 0.6 is 23.2 Å². The van der Waals surface area contributed by atoms with Gasteiger partial charge in [0.25, 0.3) is 11.8 Å². The number of hydrogen-bond donors (Lipinski definition) is 1. The largest absolute Gasteiger partial charge is 0.480 e. The number of fused-ring (bicyclic) bond motifs is 1. The average molecular weight is 316 g/mol. The van der Waals surface area contributed by atoms with Gasteiger partial charge < -0.3 is 5.11 Å². The number of benzene rings is 1. The smallest absolute Gasteiger partial charge is 0.327 e. The highest BCUT2D eigenvalue weighted by Gasteiger charge is 2.44. The Bertz CT molecular complexity index is 586. The van der Waals surface area contributed by atoms with Crippen molar-refractivity contribution in [2.75, 3.05) is 0 Å². The number of nitrogens with zero attached hydrogens (tertiary/aromatic N) is 1. The molecule has 0 aromatic heterocycles. The maximum Gasteiger partial charge on any atom is 0.327 e. The lowest BCUT2D eigenvalue weighted by molar-refractivity contribution is -0.143. The molecule has 20 heavy (non-hydrogen) atoms. The highest BCUT2D eigenvalue weighted by molar-refractivity contribution is 6.43. The molecule has 0 saturated carbocycles. The van der Waals surface area contributed by atoms with Crippen molar-refractivity contribution in [3.63, 3.8) is 0 Å². The van der Waals surface area contributed by atoms with Crippen molar-refractivity contribution in [1.29, 1.82) is 0 Å². The number of carbonyl (C=O) groups is 3. The first-order valence-corrected chi connectivity index (χ1v) is 6.61. The summed E-state index contributed by atoms with van der Waals surface area (Å²) in [5.41, 5.74) is 0.160. The van der Waals surface area contributed by atoms with Crippen LogP contribution in [0.4, 0.5) is 0 Å². The SMILES string of the molecule is CC(C)[C@@H](C(=O)O)N1C(=O)c2cc(Cl)c(Cl)cc2C1=O. The van der Waals surface area contributed by atoms with E-state index >= 15 is 0 Å². The van der Waals surface area contributed by atoms with E-state index in [9.17, 15) is 19.5 Å². The average Bonchev–Trinajstić information content (AvgIpc) is 2.55. The molecule has 1 atom stereocenters. The first-order valence-electron chi connectivity index (χ1n) is 5.85. The molecular weight excluding hydrogens is 305 g/mol. The third-order valence-corrected chi connectivity index (χ3v) is 3.84. The third-order valence-electron chi connectivity index (χ3n) is 3.12. The van der Waals surface area contributed by atoms with E-state index in [0.29, 0.717) is 0 Å². The van der Waals surface area contributed by atoms with Crippen molar-refractivity contribution in [1.82, 2.24) is 4.90 Å². The van der Waals surface area contributed by atoms with Gasteiger partial charge in [-0.25, -0.2) is 4.79 Å². The lowest BCUT2D eigenvalue weighted by atomic mass is 10.0. The highest BCUT2D eigenvalue weighted by Crippen LogP contribution is 2.33. The molecule has 2 rings (SSSR count). The predicted octanol–water partition coefficient (Wildman–Crippen LogP) is 2.70. The summed E-state index contributed by atoms with van der Waals surface area (Å²) in [5, 5.41) is 9.52. The second kappa shape index (κ2) is 5.07. The van der Waals surface area contributed by atoms with Gasteiger partial charge in [-0.15, -0.1) is 0 Å². The fraction of sp³-hybridized carbons (Fsp3) is 0.308. The summed E-state index contributed by atoms with van der Waals surface area (Å²) in [5.74, 6) is -2.97. The number of halogens is 2. The number of imide groups is 1. The molecule has 1 aliphatic rings. The second-order valence-corrected chi connectivity index (χ2v) is 5.63. The first kappa shape index (κ1) is 14.8. The van der Waals surface area contributed by atoms with Crippen LogP contribution in [0.15, 0.2) is 12.1 Å². The minimum Gasteiger partial charge on any atom is -0.480 e. The molecule has 1 aliphatic heterocycles. The highest BCUT2D eigenvalue weighted by atomic mass is 35.5. The molecule has 0 fully saturated rings. The van der Waals surface area contributed by atoms with Crippen LogP contribution in [0.1, 0.15) is 34.6 Å². The van der Waals surface area contributed by atoms with E-state index in [2.05, 4.69) is 0 Å². The molecule has 0 aliphatic carbocycles. The number of rotatable bonds is 3. The van der Waals surface area contributed by atoms with E-state index in [0.717, 1.165) is 4.90 Å². The van der Waals surface area contributed by atoms with Gasteiger partial charge in [0.15, 0.2) is 0 Å². The quantitative estimate of drug-likeness (QED) is 0.870. The van der Waals surface area contributed by atoms with Gasteiger partial charge in [-0.2, -0.15) is 0 Å². The number of aliphatic carboxylic acids is 1. The Morgan fingerprint density at radius 1 is 1.10 bits per heavy atom. The summed E-state index contributed by atoms with van der Waals surface area (Å²) in [6.07, 6.45) is 0. The van der Waals surface area contributed by atoms with Gasteiger partial charge in [0.2, 0.25) is 0 Å². The number of amides is 2. The standard InChI is InChI=1S/C13H11Cl2NO4/c1-5(2)10(13(19)20)16-11(17)6-3-8(14)9(15)4-7(6)12(16)18/h3-5,10H,1-2H3,(H,19,20)/t10-/m0/s1. The minimum absolute atomic E-state index is 0.0799. The number of carboxylic acid groups (broad SMARTS) is 1. The van der Waals surface area contributed by atoms with Gasteiger partial charge in [0, 0.05) is 0 Å². The van der Waals surface area contributed by atoms with Gasteiger partial charge >= 0.3 is 5.97 Å². The van der Waals surface area contributed by atoms with Crippen molar-refractivity contribution in [2.45, 2.75) is 19.9 Å². The van der Waals surface area contributed by atoms with Crippen molar-refractivity contribution in [2.24, 2.45) is 5.92 Å². The lowest BCUT2D eigenvalue weighted by Gasteiger charge is -2.25. The molecular formula is C13H11Cl2NO4. The third kappa shape index (κ3) is 2.17. The van der Waals surface area contributed by atoms with Gasteiger partial charge in [0.1, 0.15) is 6.04 Å². The van der Waals surface area contributed by atoms with Crippen LogP contribution in [0.2, 0.25) is 10.0 Å². The minimum atomic E-state index is -1.23. The van der Waals surface area contributed by atoms with E-state index in [4.69, 9.17) is 23.2 Å². The molecule has 5 nitrogen and oxygen atoms in total. The van der Waals surface area contributed by atoms with Gasteiger partial charge in [-0.05, 0) is 18.1 Å². The molecule has 0 radical (unpaired) electrons. The molecule has 0 spiro atoms. The van der Waals surface area contributed by atoms with Crippen molar-refractivity contribution >= 4 is 41.0 Å². The van der Waals surface area contributed by atoms with Crippen LogP contribution in [0, 0.1) is 5.92 Å². The van der Waals surface area contributed by atoms with Gasteiger partial charge in [-0.1, -0.05) is 37.0 Å². The second-order valence-electron chi connectivity index (χ2n) is 4.82. The van der Waals surface area contributed by atoms with Crippen LogP contribution in [0.25, 0.3) is 0 Å². The van der Waals surface area contributed by atoms with Crippen LogP contribution < -0.4 is 0 Å². The maximum atomic E-state index is 12.3. The number of hydrogen-bond acceptors (Lipinski definition) is 3. The Balaban J connectivity index is 2.54. The summed E-state index contributed by atoms with van der Waals surface area (Å²) >= 11 is 11.7. The Morgan fingerprint density at radius 2 is 1.50 bits per heavy atom. The number of carbonyl (C=O) groups excluding carboxylic acids is 2. The van der Waals surface area contributed by atoms with Gasteiger partial charge in [0.05, 0.1) is 21.2 Å². The lowest BCUT2D eigenvalue weighted by Crippen LogP contribution is -2.47. The molecule has 1 N–H and O–H groups in total. The Hall–Kier alpha value is -1.59. The van der Waals surface area contributed by atoms with E-state index in [-0.39, 0.29) is 21.2 Å². The zero-order valence-corrected chi connectivity index (χ0v) is 12.2. The van der Waals surface area contributed by atoms with Crippen LogP contribution in [-0.2, 0) is 4.79 Å². The van der Waals surface area contributed by atoms with Crippen molar-refractivity contribution in [3.05, 3.63) is 33.3 Å². The first-order chi connectivity index (χ1) is 9.25. The van der Waals surface area contributed by atoms with E-state index in [1.807, 2.05) is 0 Å². The zero-order chi connectivity index (χ0) is 15.2. The Morgan fingerprint density at radius 3 is 1.80 bits per heavy atom. The molecule has 106 valence electrons. The molecule has 0 unspecified atom stereocenters. The fourth-order valence-corrected chi connectivity index (χ4v) is 2.53. The summed E-state index contributed by atoms with van der Waals surface area (Å²) in [4.78, 5) is 36.6. The monoisotopic (exact) mass is 315 g/mol. The van der Waals surface area contributed by atoms with Crippen LogP contribution in [-0.4, -0.2) is 33.8 Å². The Kier molecular flexibility index (Phi) is 3.75. The zero-order valence-electron chi connectivity index (χ0n) is 10.7. The van der Waals surface area contributed by atoms with E-state index < -0.39 is 29.7 Å². The van der Waals surface area contributed by atoms with Crippen molar-refractivity contribution < 1.29 is 19.5 Å². The fourth-order valence-electron chi connectivity index (χ4n) is 2.20. The molecule has 1 aromatic rings. The molecule has 2 amide bonds. The van der Waals surface area contributed by atoms with E-state index in [1.165, 1.54) is 12.1 Å². The molecule has 7 heteroatoms. The Labute approximate surface area is 125 Å². The summed E-state index contributed by atoms with van der Waals surface area (Å²) in [6, 6.07) is 1.36. The molecule has 1 heterocycles. The van der Waals surface area contributed by atoms with Crippen LogP contribution in [0.3, 0.4) is 0 Å². The summed E-state index contributed by atoms with van der Waals surface area (Å²) in [6.45, 7) is 3.25. The molecule has 1 aromatic carbocycles. The number of carboxylic acids is 1. The van der Waals surface area contributed by atoms with Gasteiger partial charge in [-0.3, -0.25) is 14.5 Å². The van der Waals surface area contributed by atoms with E-state index in [1.54, 1.807) is 13.8 Å². The molecule has 0 bridgehead atoms. The summed E-state index contributed by atoms with van der Waals surface area (Å²) in [7, 11) is 0. The van der Waals surface area contributed by atoms with Crippen molar-refractivity contribution in [3.8, 4) is 0 Å². The topological polar surface area (TPSA) is 74.7 Å². The normalized spacial score (nSPS) is 15.8. The van der Waals surface area contributed by atoms with Crippen LogP contribution in [0.5, 0.6) is 0 Å². The summed E-state index contributed by atoms with van der Waals surface area (Å²) < 4.78 is 0. The molecule has 0 saturated heterocycles. The maximum absolute atomic E-state index is 12.3. The predicted molar refractivity (Wildman–Crippen MR) is 73.2 cm³/mol.